The Hall–Kier alpha value is -2.00. The zero-order valence-corrected chi connectivity index (χ0v) is 11.0. The average Bonchev–Trinajstić information content (AvgIpc) is 2.39. The Kier molecular flexibility index (Phi) is 5.74. The van der Waals surface area contributed by atoms with Crippen molar-refractivity contribution >= 4 is 5.69 Å². The summed E-state index contributed by atoms with van der Waals surface area (Å²) in [7, 11) is 0. The van der Waals surface area contributed by atoms with Crippen molar-refractivity contribution in [1.82, 2.24) is 0 Å². The molecule has 3 nitrogen and oxygen atoms in total. The van der Waals surface area contributed by atoms with Crippen molar-refractivity contribution in [1.29, 1.82) is 10.5 Å². The van der Waals surface area contributed by atoms with Crippen LogP contribution < -0.4 is 5.32 Å². The molecule has 0 saturated carbocycles. The molecule has 0 aromatic heterocycles. The van der Waals surface area contributed by atoms with Gasteiger partial charge in [0.25, 0.3) is 0 Å². The Morgan fingerprint density at radius 2 is 1.89 bits per heavy atom. The van der Waals surface area contributed by atoms with Crippen molar-refractivity contribution in [2.45, 2.75) is 45.6 Å². The van der Waals surface area contributed by atoms with E-state index in [4.69, 9.17) is 10.5 Å². The monoisotopic (exact) mass is 241 g/mol. The van der Waals surface area contributed by atoms with Gasteiger partial charge in [0, 0.05) is 11.7 Å². The number of benzene rings is 1. The van der Waals surface area contributed by atoms with Gasteiger partial charge >= 0.3 is 0 Å². The molecule has 18 heavy (non-hydrogen) atoms. The summed E-state index contributed by atoms with van der Waals surface area (Å²) in [4.78, 5) is 0. The van der Waals surface area contributed by atoms with Crippen LogP contribution in [0.5, 0.6) is 0 Å². The highest BCUT2D eigenvalue weighted by atomic mass is 14.9. The first-order valence-corrected chi connectivity index (χ1v) is 6.42. The van der Waals surface area contributed by atoms with Gasteiger partial charge in [-0.05, 0) is 31.5 Å². The summed E-state index contributed by atoms with van der Waals surface area (Å²) in [5, 5.41) is 21.2. The van der Waals surface area contributed by atoms with Crippen molar-refractivity contribution in [2.75, 3.05) is 5.32 Å². The fourth-order valence-electron chi connectivity index (χ4n) is 1.88. The van der Waals surface area contributed by atoms with E-state index in [-0.39, 0.29) is 0 Å². The Morgan fingerprint density at radius 1 is 1.17 bits per heavy atom. The summed E-state index contributed by atoms with van der Waals surface area (Å²) in [6, 6.07) is 9.75. The molecule has 1 atom stereocenters. The van der Waals surface area contributed by atoms with Crippen molar-refractivity contribution in [3.8, 4) is 12.1 Å². The van der Waals surface area contributed by atoms with E-state index in [9.17, 15) is 0 Å². The van der Waals surface area contributed by atoms with Crippen LogP contribution in [0.2, 0.25) is 0 Å². The third-order valence-corrected chi connectivity index (χ3v) is 2.91. The van der Waals surface area contributed by atoms with Crippen LogP contribution in [0.3, 0.4) is 0 Å². The Bertz CT molecular complexity index is 466. The predicted molar refractivity (Wildman–Crippen MR) is 73.1 cm³/mol. The van der Waals surface area contributed by atoms with E-state index in [1.165, 1.54) is 19.3 Å². The van der Waals surface area contributed by atoms with E-state index in [1.807, 2.05) is 18.2 Å². The largest absolute Gasteiger partial charge is 0.383 e. The van der Waals surface area contributed by atoms with E-state index in [0.29, 0.717) is 17.2 Å². The first-order valence-electron chi connectivity index (χ1n) is 6.42. The summed E-state index contributed by atoms with van der Waals surface area (Å²) in [5.74, 6) is 0. The van der Waals surface area contributed by atoms with E-state index in [2.05, 4.69) is 19.2 Å². The van der Waals surface area contributed by atoms with Crippen LogP contribution in [0.15, 0.2) is 18.2 Å². The average molecular weight is 241 g/mol. The molecule has 1 N–H and O–H groups in total. The number of anilines is 1. The van der Waals surface area contributed by atoms with Gasteiger partial charge in [-0.1, -0.05) is 26.2 Å². The molecule has 0 amide bonds. The molecule has 0 radical (unpaired) electrons. The minimum Gasteiger partial charge on any atom is -0.383 e. The quantitative estimate of drug-likeness (QED) is 0.770. The summed E-state index contributed by atoms with van der Waals surface area (Å²) >= 11 is 0. The summed E-state index contributed by atoms with van der Waals surface area (Å²) in [6.07, 6.45) is 4.81. The van der Waals surface area contributed by atoms with Crippen molar-refractivity contribution in [2.24, 2.45) is 0 Å². The highest BCUT2D eigenvalue weighted by Gasteiger charge is 2.05. The van der Waals surface area contributed by atoms with Crippen LogP contribution in [0.1, 0.15) is 50.7 Å². The van der Waals surface area contributed by atoms with Gasteiger partial charge < -0.3 is 5.32 Å². The van der Waals surface area contributed by atoms with Crippen LogP contribution in [-0.2, 0) is 0 Å². The maximum absolute atomic E-state index is 8.95. The van der Waals surface area contributed by atoms with Crippen LogP contribution >= 0.6 is 0 Å². The Labute approximate surface area is 109 Å². The number of hydrogen-bond acceptors (Lipinski definition) is 3. The number of nitrogens with one attached hydrogen (secondary N) is 1. The predicted octanol–water partition coefficient (Wildman–Crippen LogP) is 3.81. The number of hydrogen-bond donors (Lipinski definition) is 1. The molecule has 1 aromatic rings. The van der Waals surface area contributed by atoms with E-state index in [0.717, 1.165) is 12.1 Å². The van der Waals surface area contributed by atoms with Gasteiger partial charge in [-0.25, -0.2) is 0 Å². The van der Waals surface area contributed by atoms with Crippen molar-refractivity contribution in [3.63, 3.8) is 0 Å². The van der Waals surface area contributed by atoms with E-state index < -0.39 is 0 Å². The normalized spacial score (nSPS) is 11.3. The first-order chi connectivity index (χ1) is 8.71. The van der Waals surface area contributed by atoms with Crippen LogP contribution in [0, 0.1) is 22.7 Å². The summed E-state index contributed by atoms with van der Waals surface area (Å²) < 4.78 is 0. The first kappa shape index (κ1) is 14.1. The lowest BCUT2D eigenvalue weighted by atomic mass is 10.1. The molecular weight excluding hydrogens is 222 g/mol. The van der Waals surface area contributed by atoms with Crippen LogP contribution in [0.25, 0.3) is 0 Å². The number of nitriles is 2. The highest BCUT2D eigenvalue weighted by Crippen LogP contribution is 2.17. The van der Waals surface area contributed by atoms with Gasteiger partial charge in [0.05, 0.1) is 11.1 Å². The van der Waals surface area contributed by atoms with Gasteiger partial charge in [-0.15, -0.1) is 0 Å². The molecule has 1 rings (SSSR count). The molecule has 0 bridgehead atoms. The van der Waals surface area contributed by atoms with Gasteiger partial charge in [0.15, 0.2) is 0 Å². The maximum Gasteiger partial charge on any atom is 0.101 e. The molecule has 1 unspecified atom stereocenters. The topological polar surface area (TPSA) is 59.6 Å². The van der Waals surface area contributed by atoms with Crippen LogP contribution in [0.4, 0.5) is 5.69 Å². The van der Waals surface area contributed by atoms with Gasteiger partial charge in [0.2, 0.25) is 0 Å². The third kappa shape index (κ3) is 4.11. The summed E-state index contributed by atoms with van der Waals surface area (Å²) in [6.45, 7) is 4.33. The molecular formula is C15H19N3. The minimum atomic E-state index is 0.385. The zero-order valence-electron chi connectivity index (χ0n) is 11.0. The molecule has 0 spiro atoms. The molecule has 1 aromatic carbocycles. The molecule has 0 fully saturated rings. The lowest BCUT2D eigenvalue weighted by molar-refractivity contribution is 0.615. The zero-order chi connectivity index (χ0) is 13.4. The van der Waals surface area contributed by atoms with Gasteiger partial charge in [-0.2, -0.15) is 10.5 Å². The molecule has 94 valence electrons. The molecule has 0 saturated heterocycles. The lowest BCUT2D eigenvalue weighted by Crippen LogP contribution is -2.14. The standard InChI is InChI=1S/C15H19N3/c1-3-4-5-6-12(2)18-15-8-7-13(10-16)14(9-15)11-17/h7-9,12,18H,3-6H2,1-2H3. The fraction of sp³-hybridized carbons (Fsp3) is 0.467. The molecule has 0 aliphatic rings. The van der Waals surface area contributed by atoms with Crippen molar-refractivity contribution < 1.29 is 0 Å². The van der Waals surface area contributed by atoms with Gasteiger partial charge in [0.1, 0.15) is 12.1 Å². The fourth-order valence-corrected chi connectivity index (χ4v) is 1.88. The van der Waals surface area contributed by atoms with E-state index >= 15 is 0 Å². The van der Waals surface area contributed by atoms with Crippen molar-refractivity contribution in [3.05, 3.63) is 29.3 Å². The maximum atomic E-state index is 8.95. The smallest absolute Gasteiger partial charge is 0.101 e. The molecule has 0 aliphatic heterocycles. The SMILES string of the molecule is CCCCCC(C)Nc1ccc(C#N)c(C#N)c1. The third-order valence-electron chi connectivity index (χ3n) is 2.91. The second-order valence-electron chi connectivity index (χ2n) is 4.53. The molecule has 0 heterocycles. The second kappa shape index (κ2) is 7.35. The number of nitrogens with zero attached hydrogens (tertiary/aromatic N) is 2. The number of unbranched alkanes of at least 4 members (excludes halogenated alkanes) is 2. The minimum absolute atomic E-state index is 0.385. The Balaban J connectivity index is 2.63. The second-order valence-corrected chi connectivity index (χ2v) is 4.53. The molecule has 0 aliphatic carbocycles. The van der Waals surface area contributed by atoms with E-state index in [1.54, 1.807) is 12.1 Å². The summed E-state index contributed by atoms with van der Waals surface area (Å²) in [5.41, 5.74) is 1.78. The van der Waals surface area contributed by atoms with Crippen LogP contribution in [-0.4, -0.2) is 6.04 Å². The highest BCUT2D eigenvalue weighted by molar-refractivity contribution is 5.56. The van der Waals surface area contributed by atoms with Gasteiger partial charge in [-0.3, -0.25) is 0 Å². The number of rotatable bonds is 6. The Morgan fingerprint density at radius 3 is 2.50 bits per heavy atom. The molecule has 3 heteroatoms. The lowest BCUT2D eigenvalue weighted by Gasteiger charge is -2.15.